The molecule has 2 N–H and O–H groups in total. The van der Waals surface area contributed by atoms with Crippen LogP contribution in [0.4, 0.5) is 9.52 Å². The molecule has 5 heterocycles. The van der Waals surface area contributed by atoms with Crippen molar-refractivity contribution >= 4 is 56.5 Å². The summed E-state index contributed by atoms with van der Waals surface area (Å²) in [6, 6.07) is 9.07. The number of thiazole rings is 1. The Morgan fingerprint density at radius 3 is 2.70 bits per heavy atom. The van der Waals surface area contributed by atoms with Crippen LogP contribution in [0, 0.1) is 5.92 Å². The van der Waals surface area contributed by atoms with Gasteiger partial charge in [-0.3, -0.25) is 19.7 Å². The molecule has 2 aliphatic heterocycles. The van der Waals surface area contributed by atoms with Gasteiger partial charge in [-0.2, -0.15) is 5.10 Å². The van der Waals surface area contributed by atoms with E-state index in [1.165, 1.54) is 21.6 Å². The lowest BCUT2D eigenvalue weighted by atomic mass is 9.97. The Bertz CT molecular complexity index is 1800. The van der Waals surface area contributed by atoms with Gasteiger partial charge >= 0.3 is 0 Å². The molecule has 7 rings (SSSR count). The van der Waals surface area contributed by atoms with Gasteiger partial charge in [-0.15, -0.1) is 11.3 Å². The number of nitrogens with one attached hydrogen (secondary N) is 1. The van der Waals surface area contributed by atoms with Crippen molar-refractivity contribution < 1.29 is 14.3 Å². The fourth-order valence-electron chi connectivity index (χ4n) is 6.19. The van der Waals surface area contributed by atoms with Crippen molar-refractivity contribution in [2.75, 3.05) is 25.0 Å². The summed E-state index contributed by atoms with van der Waals surface area (Å²) in [5.41, 5.74) is 4.37. The maximum absolute atomic E-state index is 14.3. The number of halogens is 3. The molecular weight excluding hydrogens is 624 g/mol. The molecule has 2 atom stereocenters. The first kappa shape index (κ1) is 29.4. The largest absolute Gasteiger partial charge is 0.396 e. The van der Waals surface area contributed by atoms with Crippen LogP contribution in [-0.4, -0.2) is 66.1 Å². The number of benzene rings is 2. The number of rotatable bonds is 8. The molecule has 2 aliphatic rings. The molecule has 0 aliphatic carbocycles. The monoisotopic (exact) mass is 653 g/mol. The van der Waals surface area contributed by atoms with Crippen LogP contribution < -0.4 is 5.32 Å². The van der Waals surface area contributed by atoms with Crippen LogP contribution >= 0.6 is 34.5 Å². The summed E-state index contributed by atoms with van der Waals surface area (Å²) in [7, 11) is 0. The second-order valence-corrected chi connectivity index (χ2v) is 13.1. The van der Waals surface area contributed by atoms with Crippen LogP contribution in [0.2, 0.25) is 10.0 Å². The number of carbonyl (C=O) groups excluding carboxylic acids is 1. The van der Waals surface area contributed by atoms with Gasteiger partial charge in [-0.05, 0) is 49.0 Å². The average Bonchev–Trinajstić information content (AvgIpc) is 3.83. The standard InChI is InChI=1S/C31H30Cl2FN7O2S/c32-24-12-22(20-3-1-18(2-4-20)13-39-8-5-19(16-42)6-9-39)26(33)27-23(24)15-41(38-27)29(30(43)37-31-35-7-10-44-31)28-25-11-21(34)14-40(25)17-36-28/h1-4,7,10,12,15,17,19,21,29,42H,5-6,8-9,11,13-14,16H2,(H,35,37,43)/t21-,29?/m1/s1. The second kappa shape index (κ2) is 12.2. The van der Waals surface area contributed by atoms with Crippen molar-refractivity contribution in [3.8, 4) is 11.1 Å². The number of piperidine rings is 1. The Morgan fingerprint density at radius 1 is 1.18 bits per heavy atom. The van der Waals surface area contributed by atoms with Gasteiger partial charge in [0.05, 0.1) is 28.6 Å². The maximum atomic E-state index is 14.3. The van der Waals surface area contributed by atoms with Gasteiger partial charge in [0.1, 0.15) is 11.7 Å². The minimum Gasteiger partial charge on any atom is -0.396 e. The number of aromatic nitrogens is 5. The SMILES string of the molecule is O=C(Nc1nccs1)C(c1ncn2c1C[C@@H](F)C2)n1cc2c(Cl)cc(-c3ccc(CN4CCC(CO)CC4)cc3)c(Cl)c2n1. The molecule has 1 saturated heterocycles. The number of anilines is 1. The number of amides is 1. The molecule has 1 fully saturated rings. The fraction of sp³-hybridized carbons (Fsp3) is 0.355. The Balaban J connectivity index is 1.20. The molecule has 44 heavy (non-hydrogen) atoms. The number of aliphatic hydroxyl groups excluding tert-OH is 1. The molecule has 0 spiro atoms. The van der Waals surface area contributed by atoms with Crippen molar-refractivity contribution in [3.63, 3.8) is 0 Å². The quantitative estimate of drug-likeness (QED) is 0.213. The summed E-state index contributed by atoms with van der Waals surface area (Å²) >= 11 is 15.1. The molecule has 228 valence electrons. The van der Waals surface area contributed by atoms with E-state index in [-0.39, 0.29) is 19.6 Å². The van der Waals surface area contributed by atoms with E-state index in [2.05, 4.69) is 32.3 Å². The zero-order chi connectivity index (χ0) is 30.4. The number of hydrogen-bond donors (Lipinski definition) is 2. The lowest BCUT2D eigenvalue weighted by Gasteiger charge is -2.31. The molecule has 2 aromatic carbocycles. The van der Waals surface area contributed by atoms with Gasteiger partial charge in [0.25, 0.3) is 5.91 Å². The number of likely N-dealkylation sites (tertiary alicyclic amines) is 1. The summed E-state index contributed by atoms with van der Waals surface area (Å²) in [5, 5.41) is 20.7. The van der Waals surface area contributed by atoms with E-state index in [1.807, 2.05) is 18.2 Å². The minimum atomic E-state index is -1.04. The van der Waals surface area contributed by atoms with E-state index in [1.54, 1.807) is 28.7 Å². The molecular formula is C31H30Cl2FN7O2S. The van der Waals surface area contributed by atoms with Crippen LogP contribution in [0.3, 0.4) is 0 Å². The first-order valence-corrected chi connectivity index (χ1v) is 16.2. The third-order valence-electron chi connectivity index (χ3n) is 8.56. The number of carbonyl (C=O) groups is 1. The average molecular weight is 655 g/mol. The predicted molar refractivity (Wildman–Crippen MR) is 170 cm³/mol. The smallest absolute Gasteiger partial charge is 0.257 e. The van der Waals surface area contributed by atoms with E-state index in [9.17, 15) is 14.3 Å². The number of nitrogens with zero attached hydrogens (tertiary/aromatic N) is 6. The normalized spacial score (nSPS) is 18.1. The number of alkyl halides is 1. The summed E-state index contributed by atoms with van der Waals surface area (Å²) in [6.45, 7) is 3.27. The third kappa shape index (κ3) is 5.63. The van der Waals surface area contributed by atoms with Gasteiger partial charge in [0.15, 0.2) is 11.2 Å². The Hall–Kier alpha value is -3.35. The lowest BCUT2D eigenvalue weighted by molar-refractivity contribution is -0.118. The topological polar surface area (TPSA) is 101 Å². The molecule has 13 heteroatoms. The fourth-order valence-corrected chi connectivity index (χ4v) is 7.27. The third-order valence-corrected chi connectivity index (χ3v) is 9.95. The predicted octanol–water partition coefficient (Wildman–Crippen LogP) is 5.99. The summed E-state index contributed by atoms with van der Waals surface area (Å²) in [6.07, 6.45) is 6.02. The Labute approximate surface area is 267 Å². The van der Waals surface area contributed by atoms with Gasteiger partial charge in [0, 0.05) is 54.0 Å². The zero-order valence-corrected chi connectivity index (χ0v) is 26.0. The van der Waals surface area contributed by atoms with E-state index >= 15 is 0 Å². The molecule has 5 aromatic rings. The highest BCUT2D eigenvalue weighted by Crippen LogP contribution is 2.39. The van der Waals surface area contributed by atoms with Gasteiger partial charge in [0.2, 0.25) is 0 Å². The van der Waals surface area contributed by atoms with Crippen molar-refractivity contribution in [1.82, 2.24) is 29.2 Å². The minimum absolute atomic E-state index is 0.166. The number of fused-ring (bicyclic) bond motifs is 2. The van der Waals surface area contributed by atoms with Crippen LogP contribution in [0.15, 0.2) is 54.4 Å². The first-order chi connectivity index (χ1) is 21.4. The van der Waals surface area contributed by atoms with E-state index in [0.29, 0.717) is 43.4 Å². The second-order valence-electron chi connectivity index (χ2n) is 11.4. The van der Waals surface area contributed by atoms with E-state index in [0.717, 1.165) is 43.6 Å². The highest BCUT2D eigenvalue weighted by Gasteiger charge is 2.34. The first-order valence-electron chi connectivity index (χ1n) is 14.6. The van der Waals surface area contributed by atoms with E-state index < -0.39 is 18.1 Å². The molecule has 1 unspecified atom stereocenters. The molecule has 0 saturated carbocycles. The van der Waals surface area contributed by atoms with Crippen molar-refractivity contribution in [3.05, 3.63) is 81.4 Å². The summed E-state index contributed by atoms with van der Waals surface area (Å²) in [4.78, 5) is 24.8. The number of hydrogen-bond acceptors (Lipinski definition) is 7. The molecule has 0 bridgehead atoms. The molecule has 3 aromatic heterocycles. The zero-order valence-electron chi connectivity index (χ0n) is 23.7. The van der Waals surface area contributed by atoms with Crippen LogP contribution in [0.5, 0.6) is 0 Å². The maximum Gasteiger partial charge on any atom is 0.257 e. The van der Waals surface area contributed by atoms with E-state index in [4.69, 9.17) is 28.3 Å². The Morgan fingerprint density at radius 2 is 1.98 bits per heavy atom. The van der Waals surface area contributed by atoms with Crippen molar-refractivity contribution in [2.45, 2.75) is 44.6 Å². The summed E-state index contributed by atoms with van der Waals surface area (Å²) in [5.74, 6) is 0.00456. The highest BCUT2D eigenvalue weighted by molar-refractivity contribution is 7.13. The number of aliphatic hydroxyl groups is 1. The molecule has 9 nitrogen and oxygen atoms in total. The Kier molecular flexibility index (Phi) is 8.15. The van der Waals surface area contributed by atoms with Gasteiger partial charge < -0.3 is 9.67 Å². The molecule has 0 radical (unpaired) electrons. The van der Waals surface area contributed by atoms with Crippen molar-refractivity contribution in [1.29, 1.82) is 0 Å². The van der Waals surface area contributed by atoms with Crippen molar-refractivity contribution in [2.24, 2.45) is 5.92 Å². The van der Waals surface area contributed by atoms with Gasteiger partial charge in [-0.1, -0.05) is 47.5 Å². The lowest BCUT2D eigenvalue weighted by Crippen LogP contribution is -2.34. The molecule has 1 amide bonds. The van der Waals surface area contributed by atoms with Crippen LogP contribution in [-0.2, 0) is 24.3 Å². The summed E-state index contributed by atoms with van der Waals surface area (Å²) < 4.78 is 17.6. The van der Waals surface area contributed by atoms with Gasteiger partial charge in [-0.25, -0.2) is 14.4 Å². The number of imidazole rings is 1. The highest BCUT2D eigenvalue weighted by atomic mass is 35.5. The van der Waals surface area contributed by atoms with Crippen LogP contribution in [0.1, 0.15) is 35.8 Å². The van der Waals surface area contributed by atoms with Crippen LogP contribution in [0.25, 0.3) is 22.0 Å².